The van der Waals surface area contributed by atoms with Crippen LogP contribution in [0.25, 0.3) is 0 Å². The Labute approximate surface area is 165 Å². The second kappa shape index (κ2) is 13.0. The van der Waals surface area contributed by atoms with Crippen LogP contribution in [0.15, 0.2) is 24.3 Å². The minimum absolute atomic E-state index is 0.298. The Hall–Kier alpha value is -1.30. The average Bonchev–Trinajstić information content (AvgIpc) is 2.70. The van der Waals surface area contributed by atoms with Crippen LogP contribution in [0.3, 0.4) is 0 Å². The van der Waals surface area contributed by atoms with Gasteiger partial charge in [0.2, 0.25) is 0 Å². The van der Waals surface area contributed by atoms with Gasteiger partial charge in [-0.05, 0) is 25.0 Å². The van der Waals surface area contributed by atoms with Gasteiger partial charge in [0, 0.05) is 57.7 Å². The fourth-order valence-corrected chi connectivity index (χ4v) is 3.51. The Morgan fingerprint density at radius 2 is 1.81 bits per heavy atom. The molecule has 27 heavy (non-hydrogen) atoms. The lowest BCUT2D eigenvalue weighted by Crippen LogP contribution is -2.48. The lowest BCUT2D eigenvalue weighted by Gasteiger charge is -2.37. The summed E-state index contributed by atoms with van der Waals surface area (Å²) in [5.74, 6) is 0.899. The molecule has 0 saturated carbocycles. The molecule has 1 aromatic carbocycles. The average molecular weight is 379 g/mol. The van der Waals surface area contributed by atoms with Crippen LogP contribution < -0.4 is 9.64 Å². The monoisotopic (exact) mass is 378 g/mol. The van der Waals surface area contributed by atoms with Crippen LogP contribution in [0.5, 0.6) is 5.75 Å². The van der Waals surface area contributed by atoms with E-state index >= 15 is 0 Å². The summed E-state index contributed by atoms with van der Waals surface area (Å²) in [5, 5.41) is 10.3. The zero-order valence-corrected chi connectivity index (χ0v) is 17.2. The Morgan fingerprint density at radius 3 is 2.56 bits per heavy atom. The maximum atomic E-state index is 10.3. The van der Waals surface area contributed by atoms with Crippen LogP contribution in [-0.4, -0.2) is 69.2 Å². The number of anilines is 1. The number of aliphatic hydroxyl groups excluding tert-OH is 1. The van der Waals surface area contributed by atoms with E-state index < -0.39 is 0 Å². The Kier molecular flexibility index (Phi) is 10.6. The molecule has 0 aromatic heterocycles. The molecule has 154 valence electrons. The van der Waals surface area contributed by atoms with Gasteiger partial charge in [0.1, 0.15) is 5.75 Å². The molecule has 1 unspecified atom stereocenters. The fraction of sp³-hybridized carbons (Fsp3) is 0.727. The molecule has 5 heteroatoms. The summed E-state index contributed by atoms with van der Waals surface area (Å²) in [6.07, 6.45) is 6.74. The number of hydrogen-bond acceptors (Lipinski definition) is 5. The first-order valence-corrected chi connectivity index (χ1v) is 10.6. The molecule has 1 aliphatic heterocycles. The molecule has 0 spiro atoms. The summed E-state index contributed by atoms with van der Waals surface area (Å²) in [6.45, 7) is 8.39. The highest BCUT2D eigenvalue weighted by molar-refractivity contribution is 5.51. The van der Waals surface area contributed by atoms with Crippen molar-refractivity contribution < 1.29 is 14.6 Å². The summed E-state index contributed by atoms with van der Waals surface area (Å²) < 4.78 is 11.0. The Balaban J connectivity index is 1.55. The molecule has 1 N–H and O–H groups in total. The summed E-state index contributed by atoms with van der Waals surface area (Å²) in [4.78, 5) is 4.74. The van der Waals surface area contributed by atoms with Crippen molar-refractivity contribution in [2.75, 3.05) is 57.9 Å². The van der Waals surface area contributed by atoms with Gasteiger partial charge in [-0.3, -0.25) is 4.90 Å². The first-order valence-electron chi connectivity index (χ1n) is 10.6. The van der Waals surface area contributed by atoms with E-state index in [2.05, 4.69) is 28.9 Å². The number of ether oxygens (including phenoxy) is 2. The number of methoxy groups -OCH3 is 1. The first kappa shape index (κ1) is 22.0. The molecule has 1 heterocycles. The number of piperazine rings is 1. The zero-order valence-electron chi connectivity index (χ0n) is 17.2. The van der Waals surface area contributed by atoms with Crippen molar-refractivity contribution in [1.82, 2.24) is 4.90 Å². The maximum Gasteiger partial charge on any atom is 0.120 e. The second-order valence-electron chi connectivity index (χ2n) is 7.46. The van der Waals surface area contributed by atoms with Crippen molar-refractivity contribution in [1.29, 1.82) is 0 Å². The minimum atomic E-state index is -0.298. The van der Waals surface area contributed by atoms with Crippen molar-refractivity contribution in [3.05, 3.63) is 24.3 Å². The lowest BCUT2D eigenvalue weighted by molar-refractivity contribution is 0.0570. The van der Waals surface area contributed by atoms with Gasteiger partial charge in [-0.15, -0.1) is 0 Å². The normalized spacial score (nSPS) is 16.5. The highest BCUT2D eigenvalue weighted by atomic mass is 16.5. The van der Waals surface area contributed by atoms with E-state index in [1.165, 1.54) is 31.4 Å². The Bertz CT molecular complexity index is 504. The van der Waals surface area contributed by atoms with E-state index in [9.17, 15) is 5.11 Å². The van der Waals surface area contributed by atoms with Gasteiger partial charge >= 0.3 is 0 Å². The van der Waals surface area contributed by atoms with Crippen molar-refractivity contribution >= 4 is 5.69 Å². The number of nitrogens with zero attached hydrogens (tertiary/aromatic N) is 2. The van der Waals surface area contributed by atoms with E-state index in [-0.39, 0.29) is 6.10 Å². The van der Waals surface area contributed by atoms with Gasteiger partial charge in [-0.1, -0.05) is 38.7 Å². The molecule has 0 radical (unpaired) electrons. The SMILES string of the molecule is CCCCCCCOCCC(O)CN1CCN(c2cccc(OC)c2)CC1. The molecule has 1 aliphatic rings. The fourth-order valence-electron chi connectivity index (χ4n) is 3.51. The van der Waals surface area contributed by atoms with Crippen LogP contribution in [0.1, 0.15) is 45.4 Å². The van der Waals surface area contributed by atoms with Gasteiger partial charge in [0.15, 0.2) is 0 Å². The molecule has 0 amide bonds. The predicted octanol–water partition coefficient (Wildman–Crippen LogP) is 3.56. The van der Waals surface area contributed by atoms with E-state index in [0.717, 1.165) is 57.9 Å². The molecular formula is C22H38N2O3. The van der Waals surface area contributed by atoms with Gasteiger partial charge in [-0.2, -0.15) is 0 Å². The standard InChI is InChI=1S/C22H38N2O3/c1-3-4-5-6-7-16-27-17-11-21(25)19-23-12-14-24(15-13-23)20-9-8-10-22(18-20)26-2/h8-10,18,21,25H,3-7,11-17,19H2,1-2H3. The van der Waals surface area contributed by atoms with Gasteiger partial charge in [-0.25, -0.2) is 0 Å². The highest BCUT2D eigenvalue weighted by Crippen LogP contribution is 2.22. The topological polar surface area (TPSA) is 45.2 Å². The summed E-state index contributed by atoms with van der Waals surface area (Å²) in [7, 11) is 1.70. The molecular weight excluding hydrogens is 340 g/mol. The highest BCUT2D eigenvalue weighted by Gasteiger charge is 2.19. The molecule has 1 fully saturated rings. The van der Waals surface area contributed by atoms with Crippen molar-refractivity contribution in [3.63, 3.8) is 0 Å². The molecule has 5 nitrogen and oxygen atoms in total. The number of hydrogen-bond donors (Lipinski definition) is 1. The first-order chi connectivity index (χ1) is 13.2. The molecule has 1 saturated heterocycles. The largest absolute Gasteiger partial charge is 0.497 e. The second-order valence-corrected chi connectivity index (χ2v) is 7.46. The van der Waals surface area contributed by atoms with E-state index in [0.29, 0.717) is 6.61 Å². The van der Waals surface area contributed by atoms with Gasteiger partial charge in [0.05, 0.1) is 13.2 Å². The van der Waals surface area contributed by atoms with E-state index in [4.69, 9.17) is 9.47 Å². The number of β-amino-alcohol motifs (C(OH)–C–C–N with tert-alkyl or cyclic N) is 1. The third kappa shape index (κ3) is 8.50. The summed E-state index contributed by atoms with van der Waals surface area (Å²) in [6, 6.07) is 8.23. The number of unbranched alkanes of at least 4 members (excludes halogenated alkanes) is 4. The van der Waals surface area contributed by atoms with Crippen LogP contribution in [0.2, 0.25) is 0 Å². The third-order valence-corrected chi connectivity index (χ3v) is 5.25. The van der Waals surface area contributed by atoms with Crippen LogP contribution in [-0.2, 0) is 4.74 Å². The molecule has 0 aliphatic carbocycles. The van der Waals surface area contributed by atoms with E-state index in [1.807, 2.05) is 12.1 Å². The van der Waals surface area contributed by atoms with Gasteiger partial charge in [0.25, 0.3) is 0 Å². The van der Waals surface area contributed by atoms with Crippen molar-refractivity contribution in [3.8, 4) is 5.75 Å². The minimum Gasteiger partial charge on any atom is -0.497 e. The number of aliphatic hydroxyl groups is 1. The smallest absolute Gasteiger partial charge is 0.120 e. The molecule has 2 rings (SSSR count). The molecule has 0 bridgehead atoms. The van der Waals surface area contributed by atoms with E-state index in [1.54, 1.807) is 7.11 Å². The summed E-state index contributed by atoms with van der Waals surface area (Å²) >= 11 is 0. The predicted molar refractivity (Wildman–Crippen MR) is 112 cm³/mol. The zero-order chi connectivity index (χ0) is 19.3. The maximum absolute atomic E-state index is 10.3. The van der Waals surface area contributed by atoms with Crippen molar-refractivity contribution in [2.45, 2.75) is 51.6 Å². The van der Waals surface area contributed by atoms with Crippen LogP contribution >= 0.6 is 0 Å². The molecule has 1 atom stereocenters. The van der Waals surface area contributed by atoms with Crippen LogP contribution in [0, 0.1) is 0 Å². The van der Waals surface area contributed by atoms with Crippen LogP contribution in [0.4, 0.5) is 5.69 Å². The number of rotatable bonds is 13. The van der Waals surface area contributed by atoms with Crippen molar-refractivity contribution in [2.24, 2.45) is 0 Å². The number of benzene rings is 1. The Morgan fingerprint density at radius 1 is 1.04 bits per heavy atom. The third-order valence-electron chi connectivity index (χ3n) is 5.25. The summed E-state index contributed by atoms with van der Waals surface area (Å²) in [5.41, 5.74) is 1.21. The molecule has 1 aromatic rings. The van der Waals surface area contributed by atoms with Gasteiger partial charge < -0.3 is 19.5 Å². The lowest BCUT2D eigenvalue weighted by atomic mass is 10.2. The quantitative estimate of drug-likeness (QED) is 0.532.